The molecule has 0 radical (unpaired) electrons. The van der Waals surface area contributed by atoms with Gasteiger partial charge in [0.05, 0.1) is 5.69 Å². The molecule has 1 aromatic carbocycles. The Morgan fingerprint density at radius 1 is 1.37 bits per heavy atom. The Bertz CT molecular complexity index is 414. The molecule has 0 atom stereocenters. The van der Waals surface area contributed by atoms with Gasteiger partial charge in [-0.25, -0.2) is 4.39 Å². The van der Waals surface area contributed by atoms with Crippen LogP contribution in [0.2, 0.25) is 0 Å². The Morgan fingerprint density at radius 2 is 2.05 bits per heavy atom. The van der Waals surface area contributed by atoms with Crippen molar-refractivity contribution in [3.8, 4) is 0 Å². The first kappa shape index (κ1) is 14.3. The van der Waals surface area contributed by atoms with E-state index in [-0.39, 0.29) is 5.82 Å². The molecule has 0 bridgehead atoms. The first-order valence-electron chi connectivity index (χ1n) is 6.96. The maximum absolute atomic E-state index is 14.0. The van der Waals surface area contributed by atoms with Crippen molar-refractivity contribution >= 4 is 5.69 Å². The topological polar surface area (TPSA) is 18.5 Å². The number of nitrogens with zero attached hydrogens (tertiary/aromatic N) is 2. The zero-order valence-corrected chi connectivity index (χ0v) is 12.1. The standard InChI is InChI=1S/C15H24FN3/c1-17-11-12-4-5-14(16)15(10-12)19(3)13-6-8-18(2)9-7-13/h4-5,10,13,17H,6-9,11H2,1-3H3. The number of halogens is 1. The number of benzene rings is 1. The fourth-order valence-corrected chi connectivity index (χ4v) is 2.72. The number of hydrogen-bond acceptors (Lipinski definition) is 3. The third-order valence-electron chi connectivity index (χ3n) is 4.01. The minimum atomic E-state index is -0.124. The number of nitrogens with one attached hydrogen (secondary N) is 1. The summed E-state index contributed by atoms with van der Waals surface area (Å²) in [4.78, 5) is 4.44. The van der Waals surface area contributed by atoms with Crippen molar-refractivity contribution in [2.45, 2.75) is 25.4 Å². The van der Waals surface area contributed by atoms with Crippen LogP contribution in [0, 0.1) is 5.82 Å². The summed E-state index contributed by atoms with van der Waals surface area (Å²) in [6.45, 7) is 2.95. The minimum Gasteiger partial charge on any atom is -0.369 e. The fraction of sp³-hybridized carbons (Fsp3) is 0.600. The molecule has 1 fully saturated rings. The molecular weight excluding hydrogens is 241 g/mol. The molecule has 1 aliphatic heterocycles. The molecule has 1 aromatic rings. The Balaban J connectivity index is 2.13. The molecule has 0 saturated carbocycles. The second-order valence-electron chi connectivity index (χ2n) is 5.46. The highest BCUT2D eigenvalue weighted by atomic mass is 19.1. The molecule has 106 valence electrons. The summed E-state index contributed by atoms with van der Waals surface area (Å²) in [5.41, 5.74) is 1.85. The number of hydrogen-bond donors (Lipinski definition) is 1. The predicted molar refractivity (Wildman–Crippen MR) is 78.1 cm³/mol. The highest BCUT2D eigenvalue weighted by Crippen LogP contribution is 2.25. The molecule has 2 rings (SSSR count). The molecule has 19 heavy (non-hydrogen) atoms. The SMILES string of the molecule is CNCc1ccc(F)c(N(C)C2CCN(C)CC2)c1. The number of piperidine rings is 1. The van der Waals surface area contributed by atoms with Crippen molar-refractivity contribution in [2.75, 3.05) is 39.1 Å². The maximum atomic E-state index is 14.0. The summed E-state index contributed by atoms with van der Waals surface area (Å²) in [6, 6.07) is 5.82. The van der Waals surface area contributed by atoms with Crippen LogP contribution in [0.5, 0.6) is 0 Å². The van der Waals surface area contributed by atoms with Crippen LogP contribution < -0.4 is 10.2 Å². The van der Waals surface area contributed by atoms with Crippen LogP contribution in [-0.2, 0) is 6.54 Å². The van der Waals surface area contributed by atoms with Gasteiger partial charge >= 0.3 is 0 Å². The van der Waals surface area contributed by atoms with Crippen molar-refractivity contribution < 1.29 is 4.39 Å². The molecule has 0 aromatic heterocycles. The van der Waals surface area contributed by atoms with Crippen molar-refractivity contribution in [3.05, 3.63) is 29.6 Å². The smallest absolute Gasteiger partial charge is 0.146 e. The van der Waals surface area contributed by atoms with Gasteiger partial charge in [-0.15, -0.1) is 0 Å². The molecule has 3 nitrogen and oxygen atoms in total. The summed E-state index contributed by atoms with van der Waals surface area (Å²) < 4.78 is 14.0. The zero-order chi connectivity index (χ0) is 13.8. The van der Waals surface area contributed by atoms with Crippen molar-refractivity contribution in [3.63, 3.8) is 0 Å². The van der Waals surface area contributed by atoms with Crippen LogP contribution in [0.25, 0.3) is 0 Å². The van der Waals surface area contributed by atoms with Crippen LogP contribution in [0.4, 0.5) is 10.1 Å². The first-order chi connectivity index (χ1) is 9.11. The van der Waals surface area contributed by atoms with E-state index in [9.17, 15) is 4.39 Å². The lowest BCUT2D eigenvalue weighted by molar-refractivity contribution is 0.252. The molecule has 0 aliphatic carbocycles. The van der Waals surface area contributed by atoms with E-state index >= 15 is 0 Å². The lowest BCUT2D eigenvalue weighted by atomic mass is 10.0. The third kappa shape index (κ3) is 3.45. The lowest BCUT2D eigenvalue weighted by Gasteiger charge is -2.36. The maximum Gasteiger partial charge on any atom is 0.146 e. The number of likely N-dealkylation sites (tertiary alicyclic amines) is 1. The van der Waals surface area contributed by atoms with Crippen molar-refractivity contribution in [2.24, 2.45) is 0 Å². The predicted octanol–water partition coefficient (Wildman–Crippen LogP) is 2.08. The summed E-state index contributed by atoms with van der Waals surface area (Å²) in [7, 11) is 6.06. The average molecular weight is 265 g/mol. The Labute approximate surface area is 115 Å². The van der Waals surface area contributed by atoms with Gasteiger partial charge in [0.2, 0.25) is 0 Å². The summed E-state index contributed by atoms with van der Waals surface area (Å²) in [5, 5.41) is 3.11. The summed E-state index contributed by atoms with van der Waals surface area (Å²) in [6.07, 6.45) is 2.20. The average Bonchev–Trinajstić information content (AvgIpc) is 2.41. The van der Waals surface area contributed by atoms with Gasteiger partial charge in [-0.3, -0.25) is 0 Å². The van der Waals surface area contributed by atoms with E-state index in [1.54, 1.807) is 6.07 Å². The number of rotatable bonds is 4. The van der Waals surface area contributed by atoms with E-state index in [4.69, 9.17) is 0 Å². The molecular formula is C15H24FN3. The van der Waals surface area contributed by atoms with E-state index in [1.165, 1.54) is 0 Å². The van der Waals surface area contributed by atoms with Crippen LogP contribution in [0.1, 0.15) is 18.4 Å². The van der Waals surface area contributed by atoms with E-state index < -0.39 is 0 Å². The van der Waals surface area contributed by atoms with Crippen LogP contribution in [0.15, 0.2) is 18.2 Å². The number of anilines is 1. The van der Waals surface area contributed by atoms with Gasteiger partial charge in [0, 0.05) is 19.6 Å². The fourth-order valence-electron chi connectivity index (χ4n) is 2.72. The first-order valence-corrected chi connectivity index (χ1v) is 6.96. The lowest BCUT2D eigenvalue weighted by Crippen LogP contribution is -2.42. The van der Waals surface area contributed by atoms with E-state index in [1.807, 2.05) is 26.2 Å². The second kappa shape index (κ2) is 6.35. The Kier molecular flexibility index (Phi) is 4.77. The monoisotopic (exact) mass is 265 g/mol. The Hall–Kier alpha value is -1.13. The van der Waals surface area contributed by atoms with Gasteiger partial charge in [0.25, 0.3) is 0 Å². The normalized spacial score (nSPS) is 17.7. The zero-order valence-electron chi connectivity index (χ0n) is 12.1. The van der Waals surface area contributed by atoms with Gasteiger partial charge in [-0.1, -0.05) is 6.07 Å². The molecule has 0 amide bonds. The van der Waals surface area contributed by atoms with Crippen LogP contribution >= 0.6 is 0 Å². The molecule has 4 heteroatoms. The van der Waals surface area contributed by atoms with E-state index in [0.29, 0.717) is 6.04 Å². The van der Waals surface area contributed by atoms with Crippen LogP contribution in [0.3, 0.4) is 0 Å². The van der Waals surface area contributed by atoms with Gasteiger partial charge in [-0.05, 0) is 57.7 Å². The molecule has 1 heterocycles. The van der Waals surface area contributed by atoms with Gasteiger partial charge in [-0.2, -0.15) is 0 Å². The summed E-state index contributed by atoms with van der Waals surface area (Å²) in [5.74, 6) is -0.124. The highest BCUT2D eigenvalue weighted by molar-refractivity contribution is 5.50. The quantitative estimate of drug-likeness (QED) is 0.899. The van der Waals surface area contributed by atoms with Gasteiger partial charge in [0.15, 0.2) is 0 Å². The highest BCUT2D eigenvalue weighted by Gasteiger charge is 2.22. The molecule has 1 N–H and O–H groups in total. The second-order valence-corrected chi connectivity index (χ2v) is 5.46. The van der Waals surface area contributed by atoms with E-state index in [0.717, 1.165) is 43.7 Å². The third-order valence-corrected chi connectivity index (χ3v) is 4.01. The van der Waals surface area contributed by atoms with E-state index in [2.05, 4.69) is 22.2 Å². The Morgan fingerprint density at radius 3 is 2.68 bits per heavy atom. The summed E-state index contributed by atoms with van der Waals surface area (Å²) >= 11 is 0. The van der Waals surface area contributed by atoms with Crippen LogP contribution in [-0.4, -0.2) is 45.2 Å². The molecule has 0 unspecified atom stereocenters. The van der Waals surface area contributed by atoms with Crippen molar-refractivity contribution in [1.82, 2.24) is 10.2 Å². The minimum absolute atomic E-state index is 0.124. The largest absolute Gasteiger partial charge is 0.369 e. The van der Waals surface area contributed by atoms with Crippen molar-refractivity contribution in [1.29, 1.82) is 0 Å². The molecule has 1 aliphatic rings. The van der Waals surface area contributed by atoms with Gasteiger partial charge in [0.1, 0.15) is 5.82 Å². The van der Waals surface area contributed by atoms with Gasteiger partial charge < -0.3 is 15.1 Å². The molecule has 0 spiro atoms. The molecule has 1 saturated heterocycles.